The fourth-order valence-corrected chi connectivity index (χ4v) is 4.47. The molecule has 0 saturated carbocycles. The summed E-state index contributed by atoms with van der Waals surface area (Å²) in [5.74, 6) is 0.215. The second-order valence-corrected chi connectivity index (χ2v) is 7.52. The van der Waals surface area contributed by atoms with Gasteiger partial charge in [0.25, 0.3) is 0 Å². The molecule has 1 saturated heterocycles. The van der Waals surface area contributed by atoms with Gasteiger partial charge in [-0.25, -0.2) is 0 Å². The number of aryl methyl sites for hydroxylation is 3. The van der Waals surface area contributed by atoms with Gasteiger partial charge in [-0.2, -0.15) is 5.10 Å². The number of carbonyl (C=O) groups excluding carboxylic acids is 1. The number of hydrogen-bond donors (Lipinski definition) is 1. The molecule has 0 radical (unpaired) electrons. The van der Waals surface area contributed by atoms with Crippen LogP contribution in [0.5, 0.6) is 0 Å². The first-order valence-corrected chi connectivity index (χ1v) is 9.56. The molecule has 138 valence electrons. The molecule has 6 heteroatoms. The van der Waals surface area contributed by atoms with Crippen LogP contribution in [-0.2, 0) is 24.7 Å². The molecule has 2 aromatic rings. The molecular formula is C20H27N5O. The summed E-state index contributed by atoms with van der Waals surface area (Å²) < 4.78 is 1.89. The van der Waals surface area contributed by atoms with Crippen molar-refractivity contribution in [1.82, 2.24) is 25.0 Å². The molecule has 3 atom stereocenters. The molecule has 1 fully saturated rings. The molecule has 0 bridgehead atoms. The summed E-state index contributed by atoms with van der Waals surface area (Å²) in [6.07, 6.45) is 9.49. The Morgan fingerprint density at radius 1 is 1.08 bits per heavy atom. The number of likely N-dealkylation sites (tertiary alicyclic amines) is 1. The van der Waals surface area contributed by atoms with Gasteiger partial charge >= 0.3 is 0 Å². The van der Waals surface area contributed by atoms with Gasteiger partial charge < -0.3 is 10.2 Å². The van der Waals surface area contributed by atoms with Gasteiger partial charge in [-0.15, -0.1) is 0 Å². The molecular weight excluding hydrogens is 326 g/mol. The SMILES string of the molecule is CN1C(=O)CC[C@@H](N[C@H]2CCc3cccnc3CC2)[C@@H]1c1ccnn1C. The fourth-order valence-electron chi connectivity index (χ4n) is 4.47. The van der Waals surface area contributed by atoms with E-state index in [-0.39, 0.29) is 18.0 Å². The second-order valence-electron chi connectivity index (χ2n) is 7.52. The number of pyridine rings is 1. The van der Waals surface area contributed by atoms with Crippen LogP contribution in [0.3, 0.4) is 0 Å². The van der Waals surface area contributed by atoms with Crippen LogP contribution in [0.25, 0.3) is 0 Å². The molecule has 1 aliphatic carbocycles. The summed E-state index contributed by atoms with van der Waals surface area (Å²) in [6.45, 7) is 0. The number of nitrogens with one attached hydrogen (secondary N) is 1. The first-order valence-electron chi connectivity index (χ1n) is 9.56. The van der Waals surface area contributed by atoms with E-state index in [2.05, 4.69) is 21.5 Å². The molecule has 4 rings (SSSR count). The average Bonchev–Trinajstić information content (AvgIpc) is 2.95. The van der Waals surface area contributed by atoms with E-state index in [1.54, 1.807) is 0 Å². The Balaban J connectivity index is 1.51. The maximum atomic E-state index is 12.3. The smallest absolute Gasteiger partial charge is 0.222 e. The van der Waals surface area contributed by atoms with E-state index < -0.39 is 0 Å². The minimum absolute atomic E-state index is 0.0347. The molecule has 3 heterocycles. The van der Waals surface area contributed by atoms with Gasteiger partial charge in [0, 0.05) is 50.7 Å². The molecule has 0 aromatic carbocycles. The second kappa shape index (κ2) is 7.19. The Morgan fingerprint density at radius 2 is 1.92 bits per heavy atom. The zero-order chi connectivity index (χ0) is 18.1. The van der Waals surface area contributed by atoms with Crippen molar-refractivity contribution in [3.8, 4) is 0 Å². The molecule has 2 aliphatic rings. The number of carbonyl (C=O) groups is 1. The molecule has 0 spiro atoms. The molecule has 0 unspecified atom stereocenters. The normalized spacial score (nSPS) is 26.5. The quantitative estimate of drug-likeness (QED) is 0.858. The molecule has 1 amide bonds. The number of rotatable bonds is 3. The van der Waals surface area contributed by atoms with Crippen LogP contribution >= 0.6 is 0 Å². The first kappa shape index (κ1) is 17.2. The minimum atomic E-state index is 0.0347. The third-order valence-corrected chi connectivity index (χ3v) is 5.95. The maximum Gasteiger partial charge on any atom is 0.222 e. The zero-order valence-corrected chi connectivity index (χ0v) is 15.6. The monoisotopic (exact) mass is 353 g/mol. The third-order valence-electron chi connectivity index (χ3n) is 5.95. The number of aromatic nitrogens is 3. The fraction of sp³-hybridized carbons (Fsp3) is 0.550. The molecule has 1 aliphatic heterocycles. The van der Waals surface area contributed by atoms with Crippen molar-refractivity contribution in [3.05, 3.63) is 47.5 Å². The van der Waals surface area contributed by atoms with Crippen LogP contribution in [-0.4, -0.2) is 44.7 Å². The summed E-state index contributed by atoms with van der Waals surface area (Å²) in [4.78, 5) is 18.8. The van der Waals surface area contributed by atoms with E-state index in [0.717, 1.165) is 37.8 Å². The van der Waals surface area contributed by atoms with E-state index in [1.807, 2.05) is 48.2 Å². The zero-order valence-electron chi connectivity index (χ0n) is 15.6. The lowest BCUT2D eigenvalue weighted by Gasteiger charge is -2.41. The largest absolute Gasteiger partial charge is 0.336 e. The number of piperidine rings is 1. The topological polar surface area (TPSA) is 63.1 Å². The van der Waals surface area contributed by atoms with Gasteiger partial charge in [0.2, 0.25) is 5.91 Å². The van der Waals surface area contributed by atoms with Crippen LogP contribution in [0.4, 0.5) is 0 Å². The number of fused-ring (bicyclic) bond motifs is 1. The molecule has 2 aromatic heterocycles. The van der Waals surface area contributed by atoms with Gasteiger partial charge in [0.05, 0.1) is 11.7 Å². The van der Waals surface area contributed by atoms with E-state index >= 15 is 0 Å². The van der Waals surface area contributed by atoms with Crippen molar-refractivity contribution in [3.63, 3.8) is 0 Å². The number of hydrogen-bond acceptors (Lipinski definition) is 4. The predicted octanol–water partition coefficient (Wildman–Crippen LogP) is 2.01. The lowest BCUT2D eigenvalue weighted by atomic mass is 9.92. The Kier molecular flexibility index (Phi) is 4.76. The Bertz CT molecular complexity index is 759. The Labute approximate surface area is 154 Å². The summed E-state index contributed by atoms with van der Waals surface area (Å²) in [6, 6.07) is 7.01. The minimum Gasteiger partial charge on any atom is -0.336 e. The highest BCUT2D eigenvalue weighted by Crippen LogP contribution is 2.31. The van der Waals surface area contributed by atoms with Crippen molar-refractivity contribution in [2.45, 2.75) is 56.7 Å². The van der Waals surface area contributed by atoms with Crippen molar-refractivity contribution in [2.24, 2.45) is 7.05 Å². The van der Waals surface area contributed by atoms with E-state index in [4.69, 9.17) is 0 Å². The lowest BCUT2D eigenvalue weighted by molar-refractivity contribution is -0.136. The molecule has 26 heavy (non-hydrogen) atoms. The summed E-state index contributed by atoms with van der Waals surface area (Å²) in [5, 5.41) is 8.20. The third kappa shape index (κ3) is 3.26. The van der Waals surface area contributed by atoms with Gasteiger partial charge in [-0.1, -0.05) is 6.07 Å². The van der Waals surface area contributed by atoms with E-state index in [1.165, 1.54) is 11.3 Å². The van der Waals surface area contributed by atoms with E-state index in [0.29, 0.717) is 12.5 Å². The van der Waals surface area contributed by atoms with Crippen LogP contribution in [0.15, 0.2) is 30.6 Å². The van der Waals surface area contributed by atoms with Crippen molar-refractivity contribution in [2.75, 3.05) is 7.05 Å². The first-order chi connectivity index (χ1) is 12.6. The highest BCUT2D eigenvalue weighted by atomic mass is 16.2. The van der Waals surface area contributed by atoms with Crippen LogP contribution in [0.2, 0.25) is 0 Å². The van der Waals surface area contributed by atoms with Crippen molar-refractivity contribution >= 4 is 5.91 Å². The van der Waals surface area contributed by atoms with Gasteiger partial charge in [-0.05, 0) is 49.8 Å². The summed E-state index contributed by atoms with van der Waals surface area (Å²) >= 11 is 0. The molecule has 6 nitrogen and oxygen atoms in total. The number of likely N-dealkylation sites (N-methyl/N-ethyl adjacent to an activating group) is 1. The van der Waals surface area contributed by atoms with Crippen molar-refractivity contribution < 1.29 is 4.79 Å². The van der Waals surface area contributed by atoms with Crippen LogP contribution in [0, 0.1) is 0 Å². The predicted molar refractivity (Wildman–Crippen MR) is 99.5 cm³/mol. The number of amides is 1. The van der Waals surface area contributed by atoms with Crippen LogP contribution in [0.1, 0.15) is 48.7 Å². The van der Waals surface area contributed by atoms with Gasteiger partial charge in [0.1, 0.15) is 0 Å². The van der Waals surface area contributed by atoms with Gasteiger partial charge in [0.15, 0.2) is 0 Å². The molecule has 1 N–H and O–H groups in total. The standard InChI is InChI=1S/C20H27N5O/c1-24-19(26)10-9-17(20(24)18-11-13-22-25(18)2)23-15-6-5-14-4-3-12-21-16(14)8-7-15/h3-4,11-13,15,17,20,23H,5-10H2,1-2H3/t15-,17+,20+/m0/s1. The van der Waals surface area contributed by atoms with Gasteiger partial charge in [-0.3, -0.25) is 14.5 Å². The van der Waals surface area contributed by atoms with E-state index in [9.17, 15) is 4.79 Å². The van der Waals surface area contributed by atoms with Crippen molar-refractivity contribution in [1.29, 1.82) is 0 Å². The lowest BCUT2D eigenvalue weighted by Crippen LogP contribution is -2.52. The highest BCUT2D eigenvalue weighted by molar-refractivity contribution is 5.77. The summed E-state index contributed by atoms with van der Waals surface area (Å²) in [7, 11) is 3.87. The highest BCUT2D eigenvalue weighted by Gasteiger charge is 2.37. The maximum absolute atomic E-state index is 12.3. The van der Waals surface area contributed by atoms with Crippen LogP contribution < -0.4 is 5.32 Å². The summed E-state index contributed by atoms with van der Waals surface area (Å²) in [5.41, 5.74) is 3.73. The number of nitrogens with zero attached hydrogens (tertiary/aromatic N) is 4. The average molecular weight is 353 g/mol. The Morgan fingerprint density at radius 3 is 2.73 bits per heavy atom. The Hall–Kier alpha value is -2.21.